The zero-order valence-electron chi connectivity index (χ0n) is 16.7. The summed E-state index contributed by atoms with van der Waals surface area (Å²) in [6.07, 6.45) is -8.27. The zero-order valence-corrected chi connectivity index (χ0v) is 16.7. The van der Waals surface area contributed by atoms with Crippen LogP contribution in [-0.4, -0.2) is 78.2 Å². The highest BCUT2D eigenvalue weighted by Gasteiger charge is 2.45. The average Bonchev–Trinajstić information content (AvgIpc) is 2.77. The molecule has 33 heavy (non-hydrogen) atoms. The van der Waals surface area contributed by atoms with Crippen molar-refractivity contribution >= 4 is 11.0 Å². The molecule has 4 rings (SSSR count). The predicted molar refractivity (Wildman–Crippen MR) is 109 cm³/mol. The van der Waals surface area contributed by atoms with Crippen molar-refractivity contribution in [1.82, 2.24) is 0 Å². The van der Waals surface area contributed by atoms with E-state index in [1.165, 1.54) is 6.07 Å². The summed E-state index contributed by atoms with van der Waals surface area (Å²) in [5.41, 5.74) is -1.06. The Hall–Kier alpha value is -3.55. The summed E-state index contributed by atoms with van der Waals surface area (Å²) in [6.45, 7) is -0.726. The van der Waals surface area contributed by atoms with Crippen molar-refractivity contribution in [2.45, 2.75) is 30.7 Å². The van der Waals surface area contributed by atoms with Gasteiger partial charge in [-0.05, 0) is 18.2 Å². The van der Waals surface area contributed by atoms with Gasteiger partial charge in [0, 0.05) is 17.7 Å². The molecule has 0 bridgehead atoms. The standard InChI is InChI=1S/C21H20O12/c22-6-14-16(28)17(29)18(30)21(32-14)33-19-12(27)4-10(25)15-11(26)5-13(31-20(15)19)7-1-2-8(23)9(24)3-7/h1-5,14,16-18,21-25,27-30H,6H2/t14-,16-,17-,18-,21-/m1/s1. The van der Waals surface area contributed by atoms with Crippen molar-refractivity contribution in [2.75, 3.05) is 6.61 Å². The van der Waals surface area contributed by atoms with Gasteiger partial charge >= 0.3 is 0 Å². The number of benzene rings is 2. The molecular weight excluding hydrogens is 444 g/mol. The molecule has 1 aromatic heterocycles. The second-order valence-corrected chi connectivity index (χ2v) is 7.44. The van der Waals surface area contributed by atoms with Gasteiger partial charge in [-0.3, -0.25) is 4.79 Å². The fourth-order valence-electron chi connectivity index (χ4n) is 3.49. The molecule has 2 aromatic carbocycles. The van der Waals surface area contributed by atoms with Crippen LogP contribution in [0.3, 0.4) is 0 Å². The summed E-state index contributed by atoms with van der Waals surface area (Å²) in [7, 11) is 0. The maximum Gasteiger partial charge on any atom is 0.229 e. The van der Waals surface area contributed by atoms with Crippen LogP contribution in [0.5, 0.6) is 28.7 Å². The number of hydrogen-bond donors (Lipinski definition) is 8. The maximum atomic E-state index is 12.7. The topological polar surface area (TPSA) is 211 Å². The molecule has 8 N–H and O–H groups in total. The highest BCUT2D eigenvalue weighted by Crippen LogP contribution is 2.42. The molecule has 1 saturated heterocycles. The highest BCUT2D eigenvalue weighted by atomic mass is 16.7. The quantitative estimate of drug-likeness (QED) is 0.229. The third kappa shape index (κ3) is 3.90. The van der Waals surface area contributed by atoms with E-state index in [1.54, 1.807) is 0 Å². The first-order chi connectivity index (χ1) is 15.6. The fraction of sp³-hybridized carbons (Fsp3) is 0.286. The lowest BCUT2D eigenvalue weighted by Crippen LogP contribution is -2.60. The van der Waals surface area contributed by atoms with Crippen LogP contribution in [-0.2, 0) is 4.74 Å². The molecule has 1 fully saturated rings. The molecule has 12 heteroatoms. The van der Waals surface area contributed by atoms with Crippen LogP contribution in [0.15, 0.2) is 39.5 Å². The van der Waals surface area contributed by atoms with Gasteiger partial charge in [0.05, 0.1) is 6.61 Å². The monoisotopic (exact) mass is 464 g/mol. The van der Waals surface area contributed by atoms with Gasteiger partial charge in [0.2, 0.25) is 12.0 Å². The van der Waals surface area contributed by atoms with Gasteiger partial charge in [-0.15, -0.1) is 0 Å². The average molecular weight is 464 g/mol. The van der Waals surface area contributed by atoms with Gasteiger partial charge in [-0.25, -0.2) is 0 Å². The minimum atomic E-state index is -1.82. The molecule has 2 heterocycles. The molecule has 0 aliphatic carbocycles. The summed E-state index contributed by atoms with van der Waals surface area (Å²) in [5.74, 6) is -2.94. The van der Waals surface area contributed by atoms with Crippen LogP contribution in [0.25, 0.3) is 22.3 Å². The Balaban J connectivity index is 1.85. The zero-order chi connectivity index (χ0) is 24.0. The van der Waals surface area contributed by atoms with Crippen molar-refractivity contribution in [2.24, 2.45) is 0 Å². The number of hydrogen-bond acceptors (Lipinski definition) is 12. The van der Waals surface area contributed by atoms with E-state index in [-0.39, 0.29) is 16.7 Å². The fourth-order valence-corrected chi connectivity index (χ4v) is 3.49. The number of phenols is 4. The molecule has 0 spiro atoms. The van der Waals surface area contributed by atoms with Crippen LogP contribution < -0.4 is 10.2 Å². The Kier molecular flexibility index (Phi) is 5.78. The van der Waals surface area contributed by atoms with Crippen LogP contribution >= 0.6 is 0 Å². The lowest BCUT2D eigenvalue weighted by Gasteiger charge is -2.39. The van der Waals surface area contributed by atoms with E-state index in [0.717, 1.165) is 24.3 Å². The van der Waals surface area contributed by atoms with Crippen molar-refractivity contribution in [1.29, 1.82) is 0 Å². The molecule has 3 aromatic rings. The Labute approximate surface area is 184 Å². The summed E-state index contributed by atoms with van der Waals surface area (Å²) in [5, 5.41) is 78.8. The normalized spacial score (nSPS) is 25.3. The lowest BCUT2D eigenvalue weighted by molar-refractivity contribution is -0.277. The molecule has 176 valence electrons. The van der Waals surface area contributed by atoms with E-state index in [2.05, 4.69) is 0 Å². The first-order valence-corrected chi connectivity index (χ1v) is 9.64. The predicted octanol–water partition coefficient (Wildman–Crippen LogP) is -0.539. The number of aliphatic hydroxyl groups is 4. The number of aromatic hydroxyl groups is 4. The van der Waals surface area contributed by atoms with Gasteiger partial charge in [-0.2, -0.15) is 0 Å². The van der Waals surface area contributed by atoms with E-state index in [0.29, 0.717) is 0 Å². The second-order valence-electron chi connectivity index (χ2n) is 7.44. The Morgan fingerprint density at radius 2 is 1.58 bits per heavy atom. The SMILES string of the molecule is O=c1cc(-c2ccc(O)c(O)c2)oc2c(O[C@H]3O[C@H](CO)[C@@H](O)[C@@H](O)[C@H]3O)c(O)cc(O)c12. The Morgan fingerprint density at radius 3 is 2.24 bits per heavy atom. The largest absolute Gasteiger partial charge is 0.507 e. The number of ether oxygens (including phenoxy) is 2. The third-order valence-corrected chi connectivity index (χ3v) is 5.26. The molecule has 12 nitrogen and oxygen atoms in total. The van der Waals surface area contributed by atoms with Gasteiger partial charge in [0.15, 0.2) is 28.3 Å². The molecular formula is C21H20O12. The van der Waals surface area contributed by atoms with E-state index < -0.39 is 77.1 Å². The van der Waals surface area contributed by atoms with E-state index in [4.69, 9.17) is 13.9 Å². The Bertz CT molecular complexity index is 1250. The van der Waals surface area contributed by atoms with Crippen molar-refractivity contribution in [3.8, 4) is 40.1 Å². The van der Waals surface area contributed by atoms with Gasteiger partial charge in [-0.1, -0.05) is 0 Å². The maximum absolute atomic E-state index is 12.7. The van der Waals surface area contributed by atoms with Crippen molar-refractivity contribution in [3.05, 3.63) is 40.6 Å². The smallest absolute Gasteiger partial charge is 0.229 e. The van der Waals surface area contributed by atoms with Crippen LogP contribution in [0, 0.1) is 0 Å². The van der Waals surface area contributed by atoms with Crippen molar-refractivity contribution in [3.63, 3.8) is 0 Å². The van der Waals surface area contributed by atoms with E-state index >= 15 is 0 Å². The van der Waals surface area contributed by atoms with E-state index in [9.17, 15) is 45.6 Å². The summed E-state index contributed by atoms with van der Waals surface area (Å²) in [6, 6.07) is 5.40. The number of fused-ring (bicyclic) bond motifs is 1. The molecule has 0 radical (unpaired) electrons. The van der Waals surface area contributed by atoms with E-state index in [1.807, 2.05) is 0 Å². The number of phenolic OH excluding ortho intramolecular Hbond substituents is 4. The molecule has 0 amide bonds. The van der Waals surface area contributed by atoms with Crippen LogP contribution in [0.2, 0.25) is 0 Å². The molecule has 0 unspecified atom stereocenters. The summed E-state index contributed by atoms with van der Waals surface area (Å²) in [4.78, 5) is 12.7. The van der Waals surface area contributed by atoms with Crippen molar-refractivity contribution < 1.29 is 54.7 Å². The second kappa shape index (κ2) is 8.42. The Morgan fingerprint density at radius 1 is 0.848 bits per heavy atom. The lowest BCUT2D eigenvalue weighted by atomic mass is 9.99. The molecule has 1 aliphatic rings. The third-order valence-electron chi connectivity index (χ3n) is 5.26. The molecule has 1 aliphatic heterocycles. The van der Waals surface area contributed by atoms with Crippen LogP contribution in [0.1, 0.15) is 0 Å². The van der Waals surface area contributed by atoms with Gasteiger partial charge in [0.25, 0.3) is 0 Å². The minimum Gasteiger partial charge on any atom is -0.507 e. The minimum absolute atomic E-state index is 0.133. The highest BCUT2D eigenvalue weighted by molar-refractivity contribution is 5.91. The summed E-state index contributed by atoms with van der Waals surface area (Å²) >= 11 is 0. The van der Waals surface area contributed by atoms with Crippen LogP contribution in [0.4, 0.5) is 0 Å². The number of aliphatic hydroxyl groups excluding tert-OH is 4. The number of rotatable bonds is 4. The summed E-state index contributed by atoms with van der Waals surface area (Å²) < 4.78 is 16.4. The first-order valence-electron chi connectivity index (χ1n) is 9.64. The first kappa shape index (κ1) is 22.6. The van der Waals surface area contributed by atoms with Gasteiger partial charge < -0.3 is 54.7 Å². The molecule has 0 saturated carbocycles. The van der Waals surface area contributed by atoms with Gasteiger partial charge in [0.1, 0.15) is 41.3 Å². The molecule has 5 atom stereocenters.